The van der Waals surface area contributed by atoms with Crippen LogP contribution in [0.3, 0.4) is 0 Å². The standard InChI is InChI=1S/C11H20N4O2/c12-5-10(16)13-6-11(17)14-9-7-15-3-1-8(9)2-4-15/h8-9H,1-7,12H2,(H,13,16)(H,14,17). The van der Waals surface area contributed by atoms with E-state index in [4.69, 9.17) is 5.73 Å². The van der Waals surface area contributed by atoms with Crippen LogP contribution in [0.1, 0.15) is 12.8 Å². The molecule has 96 valence electrons. The Bertz CT molecular complexity index is 300. The molecule has 6 nitrogen and oxygen atoms in total. The quantitative estimate of drug-likeness (QED) is 0.545. The highest BCUT2D eigenvalue weighted by atomic mass is 16.2. The molecule has 1 atom stereocenters. The van der Waals surface area contributed by atoms with Crippen molar-refractivity contribution in [2.24, 2.45) is 11.7 Å². The van der Waals surface area contributed by atoms with E-state index in [9.17, 15) is 9.59 Å². The summed E-state index contributed by atoms with van der Waals surface area (Å²) in [6, 6.07) is 0.250. The molecule has 2 amide bonds. The van der Waals surface area contributed by atoms with Crippen molar-refractivity contribution in [1.29, 1.82) is 0 Å². The Hall–Kier alpha value is -1.14. The molecule has 0 radical (unpaired) electrons. The molecule has 1 unspecified atom stereocenters. The average Bonchev–Trinajstić information content (AvgIpc) is 2.37. The van der Waals surface area contributed by atoms with E-state index in [-0.39, 0.29) is 30.9 Å². The lowest BCUT2D eigenvalue weighted by atomic mass is 9.84. The second-order valence-corrected chi connectivity index (χ2v) is 4.79. The van der Waals surface area contributed by atoms with Gasteiger partial charge in [0.05, 0.1) is 13.1 Å². The lowest BCUT2D eigenvalue weighted by molar-refractivity contribution is -0.126. The van der Waals surface area contributed by atoms with Crippen molar-refractivity contribution in [2.75, 3.05) is 32.7 Å². The van der Waals surface area contributed by atoms with Crippen LogP contribution in [0.5, 0.6) is 0 Å². The molecule has 3 rings (SSSR count). The van der Waals surface area contributed by atoms with Gasteiger partial charge in [-0.1, -0.05) is 0 Å². The molecule has 0 saturated carbocycles. The Kier molecular flexibility index (Phi) is 3.96. The summed E-state index contributed by atoms with van der Waals surface area (Å²) in [7, 11) is 0. The third kappa shape index (κ3) is 3.17. The zero-order valence-corrected chi connectivity index (χ0v) is 9.95. The highest BCUT2D eigenvalue weighted by Crippen LogP contribution is 2.27. The number of amides is 2. The monoisotopic (exact) mass is 240 g/mol. The van der Waals surface area contributed by atoms with Gasteiger partial charge in [0, 0.05) is 12.6 Å². The first kappa shape index (κ1) is 12.3. The molecule has 2 bridgehead atoms. The van der Waals surface area contributed by atoms with E-state index >= 15 is 0 Å². The zero-order valence-electron chi connectivity index (χ0n) is 9.95. The van der Waals surface area contributed by atoms with Gasteiger partial charge < -0.3 is 21.3 Å². The van der Waals surface area contributed by atoms with Crippen LogP contribution in [-0.2, 0) is 9.59 Å². The predicted octanol–water partition coefficient (Wildman–Crippen LogP) is -1.73. The third-order valence-electron chi connectivity index (χ3n) is 3.63. The summed E-state index contributed by atoms with van der Waals surface area (Å²) in [5, 5.41) is 5.47. The van der Waals surface area contributed by atoms with Crippen LogP contribution in [0.25, 0.3) is 0 Å². The molecule has 17 heavy (non-hydrogen) atoms. The summed E-state index contributed by atoms with van der Waals surface area (Å²) >= 11 is 0. The van der Waals surface area contributed by atoms with Gasteiger partial charge in [-0.25, -0.2) is 0 Å². The zero-order chi connectivity index (χ0) is 12.3. The predicted molar refractivity (Wildman–Crippen MR) is 63.2 cm³/mol. The van der Waals surface area contributed by atoms with Crippen molar-refractivity contribution >= 4 is 11.8 Å². The minimum Gasteiger partial charge on any atom is -0.350 e. The molecular weight excluding hydrogens is 220 g/mol. The highest BCUT2D eigenvalue weighted by Gasteiger charge is 2.34. The van der Waals surface area contributed by atoms with Crippen LogP contribution in [-0.4, -0.2) is 55.5 Å². The molecular formula is C11H20N4O2. The molecule has 4 N–H and O–H groups in total. The number of rotatable bonds is 4. The molecule has 0 aromatic carbocycles. The van der Waals surface area contributed by atoms with Gasteiger partial charge in [-0.05, 0) is 31.8 Å². The highest BCUT2D eigenvalue weighted by molar-refractivity contribution is 5.85. The van der Waals surface area contributed by atoms with Crippen molar-refractivity contribution in [3.8, 4) is 0 Å². The molecule has 3 aliphatic heterocycles. The number of nitrogens with zero attached hydrogens (tertiary/aromatic N) is 1. The number of nitrogens with one attached hydrogen (secondary N) is 2. The number of hydrogen-bond donors (Lipinski definition) is 3. The number of carbonyl (C=O) groups is 2. The van der Waals surface area contributed by atoms with Gasteiger partial charge in [-0.3, -0.25) is 9.59 Å². The van der Waals surface area contributed by atoms with Crippen molar-refractivity contribution in [3.63, 3.8) is 0 Å². The van der Waals surface area contributed by atoms with Gasteiger partial charge in [-0.15, -0.1) is 0 Å². The molecule has 6 heteroatoms. The molecule has 0 spiro atoms. The Labute approximate surface area is 101 Å². The summed E-state index contributed by atoms with van der Waals surface area (Å²) in [5.74, 6) is 0.189. The summed E-state index contributed by atoms with van der Waals surface area (Å²) in [4.78, 5) is 24.9. The third-order valence-corrected chi connectivity index (χ3v) is 3.63. The van der Waals surface area contributed by atoms with Crippen LogP contribution in [0.15, 0.2) is 0 Å². The van der Waals surface area contributed by atoms with E-state index in [2.05, 4.69) is 15.5 Å². The fourth-order valence-corrected chi connectivity index (χ4v) is 2.64. The van der Waals surface area contributed by atoms with Crippen molar-refractivity contribution in [2.45, 2.75) is 18.9 Å². The van der Waals surface area contributed by atoms with Crippen LogP contribution in [0.2, 0.25) is 0 Å². The Morgan fingerprint density at radius 3 is 2.47 bits per heavy atom. The minimum atomic E-state index is -0.297. The van der Waals surface area contributed by atoms with Gasteiger partial charge >= 0.3 is 0 Å². The second-order valence-electron chi connectivity index (χ2n) is 4.79. The van der Waals surface area contributed by atoms with Crippen LogP contribution in [0, 0.1) is 5.92 Å². The number of nitrogens with two attached hydrogens (primary N) is 1. The van der Waals surface area contributed by atoms with E-state index in [0.717, 1.165) is 19.6 Å². The van der Waals surface area contributed by atoms with Crippen molar-refractivity contribution in [3.05, 3.63) is 0 Å². The summed E-state index contributed by atoms with van der Waals surface area (Å²) in [6.45, 7) is 3.20. The van der Waals surface area contributed by atoms with Crippen LogP contribution in [0.4, 0.5) is 0 Å². The number of fused-ring (bicyclic) bond motifs is 3. The van der Waals surface area contributed by atoms with E-state index in [1.807, 2.05) is 0 Å². The summed E-state index contributed by atoms with van der Waals surface area (Å²) < 4.78 is 0. The lowest BCUT2D eigenvalue weighted by Gasteiger charge is -2.44. The molecule has 3 heterocycles. The Morgan fingerprint density at radius 2 is 1.94 bits per heavy atom. The SMILES string of the molecule is NCC(=O)NCC(=O)NC1CN2CCC1CC2. The molecule has 3 saturated heterocycles. The van der Waals surface area contributed by atoms with E-state index in [0.29, 0.717) is 5.92 Å². The minimum absolute atomic E-state index is 0.0270. The van der Waals surface area contributed by atoms with Gasteiger partial charge in [-0.2, -0.15) is 0 Å². The summed E-state index contributed by atoms with van der Waals surface area (Å²) in [5.41, 5.74) is 5.14. The maximum atomic E-state index is 11.6. The Morgan fingerprint density at radius 1 is 1.24 bits per heavy atom. The van der Waals surface area contributed by atoms with Crippen LogP contribution >= 0.6 is 0 Å². The number of carbonyl (C=O) groups excluding carboxylic acids is 2. The number of hydrogen-bond acceptors (Lipinski definition) is 4. The topological polar surface area (TPSA) is 87.5 Å². The van der Waals surface area contributed by atoms with E-state index in [1.54, 1.807) is 0 Å². The fraction of sp³-hybridized carbons (Fsp3) is 0.818. The molecule has 0 aromatic heterocycles. The molecule has 3 fully saturated rings. The second kappa shape index (κ2) is 5.46. The molecule has 3 aliphatic rings. The fourth-order valence-electron chi connectivity index (χ4n) is 2.64. The van der Waals surface area contributed by atoms with Gasteiger partial charge in [0.25, 0.3) is 0 Å². The van der Waals surface area contributed by atoms with Crippen molar-refractivity contribution in [1.82, 2.24) is 15.5 Å². The first-order valence-electron chi connectivity index (χ1n) is 6.17. The van der Waals surface area contributed by atoms with Gasteiger partial charge in [0.1, 0.15) is 0 Å². The van der Waals surface area contributed by atoms with E-state index in [1.165, 1.54) is 12.8 Å². The smallest absolute Gasteiger partial charge is 0.239 e. The maximum absolute atomic E-state index is 11.6. The molecule has 0 aromatic rings. The Balaban J connectivity index is 1.73. The van der Waals surface area contributed by atoms with Crippen LogP contribution < -0.4 is 16.4 Å². The van der Waals surface area contributed by atoms with Crippen molar-refractivity contribution < 1.29 is 9.59 Å². The maximum Gasteiger partial charge on any atom is 0.239 e. The first-order chi connectivity index (χ1) is 8.19. The van der Waals surface area contributed by atoms with Gasteiger partial charge in [0.2, 0.25) is 11.8 Å². The first-order valence-corrected chi connectivity index (χ1v) is 6.17. The lowest BCUT2D eigenvalue weighted by Crippen LogP contribution is -2.58. The largest absolute Gasteiger partial charge is 0.350 e. The molecule has 0 aliphatic carbocycles. The number of piperidine rings is 3. The normalized spacial score (nSPS) is 31.0. The van der Waals surface area contributed by atoms with E-state index < -0.39 is 0 Å². The summed E-state index contributed by atoms with van der Waals surface area (Å²) in [6.07, 6.45) is 2.33. The average molecular weight is 240 g/mol. The van der Waals surface area contributed by atoms with Gasteiger partial charge in [0.15, 0.2) is 0 Å².